The third kappa shape index (κ3) is 2.25. The zero-order valence-electron chi connectivity index (χ0n) is 9.01. The van der Waals surface area contributed by atoms with E-state index in [1.54, 1.807) is 24.0 Å². The molecule has 2 aromatic rings. The Morgan fingerprint density at radius 1 is 1.47 bits per heavy atom. The number of aromatic carboxylic acids is 1. The van der Waals surface area contributed by atoms with E-state index in [1.807, 2.05) is 0 Å². The summed E-state index contributed by atoms with van der Waals surface area (Å²) < 4.78 is 14.9. The van der Waals surface area contributed by atoms with Gasteiger partial charge in [-0.1, -0.05) is 6.07 Å². The number of halogens is 1. The molecule has 88 valence electrons. The first-order chi connectivity index (χ1) is 8.08. The molecule has 0 saturated carbocycles. The largest absolute Gasteiger partial charge is 0.478 e. The fourth-order valence-corrected chi connectivity index (χ4v) is 1.47. The van der Waals surface area contributed by atoms with Crippen molar-refractivity contribution in [3.05, 3.63) is 41.8 Å². The third-order valence-electron chi connectivity index (χ3n) is 2.20. The lowest BCUT2D eigenvalue weighted by molar-refractivity contribution is 0.0693. The highest BCUT2D eigenvalue weighted by Gasteiger charge is 2.15. The number of hydrogen-bond donors (Lipinski definition) is 2. The van der Waals surface area contributed by atoms with Gasteiger partial charge in [0.05, 0.1) is 5.69 Å². The molecule has 5 nitrogen and oxygen atoms in total. The minimum absolute atomic E-state index is 0.177. The Hall–Kier alpha value is -2.37. The summed E-state index contributed by atoms with van der Waals surface area (Å²) in [5.74, 6) is -1.64. The molecule has 1 aromatic carbocycles. The second-order valence-corrected chi connectivity index (χ2v) is 3.47. The molecule has 0 saturated heterocycles. The van der Waals surface area contributed by atoms with Crippen LogP contribution in [0.1, 0.15) is 10.4 Å². The van der Waals surface area contributed by atoms with E-state index in [0.717, 1.165) is 6.07 Å². The number of nitrogens with zero attached hydrogens (tertiary/aromatic N) is 2. The molecule has 2 N–H and O–H groups in total. The predicted octanol–water partition coefficient (Wildman–Crippen LogP) is 2.00. The monoisotopic (exact) mass is 235 g/mol. The number of aryl methyl sites for hydroxylation is 1. The number of nitrogens with one attached hydrogen (secondary N) is 1. The molecule has 0 spiro atoms. The molecular formula is C11H10FN3O2. The van der Waals surface area contributed by atoms with Gasteiger partial charge < -0.3 is 10.4 Å². The summed E-state index contributed by atoms with van der Waals surface area (Å²) in [6.45, 7) is 0. The Kier molecular flexibility index (Phi) is 2.78. The average molecular weight is 235 g/mol. The maximum Gasteiger partial charge on any atom is 0.340 e. The standard InChI is InChI=1S/C11H10FN3O2/c1-15-6-5-9(14-15)13-8-4-2-3-7(12)10(8)11(16)17/h2-6H,1H3,(H,13,14)(H,16,17). The third-order valence-corrected chi connectivity index (χ3v) is 2.20. The zero-order valence-corrected chi connectivity index (χ0v) is 9.01. The van der Waals surface area contributed by atoms with Gasteiger partial charge in [0.15, 0.2) is 5.82 Å². The average Bonchev–Trinajstić information content (AvgIpc) is 2.63. The van der Waals surface area contributed by atoms with Gasteiger partial charge in [-0.2, -0.15) is 5.10 Å². The van der Waals surface area contributed by atoms with Crippen molar-refractivity contribution in [1.82, 2.24) is 9.78 Å². The highest BCUT2D eigenvalue weighted by Crippen LogP contribution is 2.22. The van der Waals surface area contributed by atoms with Gasteiger partial charge in [-0.05, 0) is 12.1 Å². The maximum atomic E-state index is 13.4. The van der Waals surface area contributed by atoms with Crippen LogP contribution >= 0.6 is 0 Å². The second-order valence-electron chi connectivity index (χ2n) is 3.47. The molecule has 0 fully saturated rings. The Balaban J connectivity index is 2.39. The molecule has 0 unspecified atom stereocenters. The van der Waals surface area contributed by atoms with Crippen LogP contribution < -0.4 is 5.32 Å². The topological polar surface area (TPSA) is 67.2 Å². The highest BCUT2D eigenvalue weighted by molar-refractivity contribution is 5.95. The van der Waals surface area contributed by atoms with Crippen molar-refractivity contribution >= 4 is 17.5 Å². The van der Waals surface area contributed by atoms with Crippen molar-refractivity contribution < 1.29 is 14.3 Å². The van der Waals surface area contributed by atoms with Crippen molar-refractivity contribution in [3.8, 4) is 0 Å². The lowest BCUT2D eigenvalue weighted by Gasteiger charge is -2.07. The summed E-state index contributed by atoms with van der Waals surface area (Å²) in [7, 11) is 1.73. The van der Waals surface area contributed by atoms with Crippen LogP contribution in [-0.2, 0) is 7.05 Å². The van der Waals surface area contributed by atoms with E-state index in [9.17, 15) is 9.18 Å². The van der Waals surface area contributed by atoms with Crippen molar-refractivity contribution in [2.75, 3.05) is 5.32 Å². The predicted molar refractivity (Wildman–Crippen MR) is 59.9 cm³/mol. The van der Waals surface area contributed by atoms with E-state index < -0.39 is 17.3 Å². The van der Waals surface area contributed by atoms with Crippen molar-refractivity contribution in [2.24, 2.45) is 7.05 Å². The molecule has 0 aliphatic carbocycles. The molecule has 1 aromatic heterocycles. The van der Waals surface area contributed by atoms with Crippen LogP contribution in [0.15, 0.2) is 30.5 Å². The van der Waals surface area contributed by atoms with Crippen molar-refractivity contribution in [3.63, 3.8) is 0 Å². The zero-order chi connectivity index (χ0) is 12.4. The van der Waals surface area contributed by atoms with E-state index in [0.29, 0.717) is 5.82 Å². The number of rotatable bonds is 3. The molecule has 0 atom stereocenters. The Labute approximate surface area is 96.5 Å². The van der Waals surface area contributed by atoms with Gasteiger partial charge in [0, 0.05) is 19.3 Å². The summed E-state index contributed by atoms with van der Waals surface area (Å²) >= 11 is 0. The van der Waals surface area contributed by atoms with E-state index in [2.05, 4.69) is 10.4 Å². The first-order valence-corrected chi connectivity index (χ1v) is 4.86. The van der Waals surface area contributed by atoms with Gasteiger partial charge in [-0.3, -0.25) is 4.68 Å². The molecule has 0 aliphatic rings. The summed E-state index contributed by atoms with van der Waals surface area (Å²) in [6.07, 6.45) is 1.70. The summed E-state index contributed by atoms with van der Waals surface area (Å²) in [5, 5.41) is 15.7. The van der Waals surface area contributed by atoms with Gasteiger partial charge in [0.1, 0.15) is 11.4 Å². The maximum absolute atomic E-state index is 13.4. The SMILES string of the molecule is Cn1ccc(Nc2cccc(F)c2C(=O)O)n1. The summed E-state index contributed by atoms with van der Waals surface area (Å²) in [4.78, 5) is 10.9. The Bertz CT molecular complexity index is 566. The smallest absolute Gasteiger partial charge is 0.340 e. The number of carboxylic acids is 1. The van der Waals surface area contributed by atoms with Gasteiger partial charge >= 0.3 is 5.97 Å². The fourth-order valence-electron chi connectivity index (χ4n) is 1.47. The van der Waals surface area contributed by atoms with Crippen LogP contribution in [0.2, 0.25) is 0 Å². The lowest BCUT2D eigenvalue weighted by Crippen LogP contribution is -2.06. The Morgan fingerprint density at radius 2 is 2.24 bits per heavy atom. The van der Waals surface area contributed by atoms with Crippen LogP contribution in [0.3, 0.4) is 0 Å². The summed E-state index contributed by atoms with van der Waals surface area (Å²) in [6, 6.07) is 5.69. The van der Waals surface area contributed by atoms with Gasteiger partial charge in [-0.15, -0.1) is 0 Å². The minimum atomic E-state index is -1.32. The van der Waals surface area contributed by atoms with E-state index in [-0.39, 0.29) is 5.69 Å². The van der Waals surface area contributed by atoms with Gasteiger partial charge in [-0.25, -0.2) is 9.18 Å². The van der Waals surface area contributed by atoms with Gasteiger partial charge in [0.2, 0.25) is 0 Å². The fraction of sp³-hybridized carbons (Fsp3) is 0.0909. The van der Waals surface area contributed by atoms with Crippen LogP contribution in [-0.4, -0.2) is 20.9 Å². The second kappa shape index (κ2) is 4.25. The molecule has 17 heavy (non-hydrogen) atoms. The molecule has 0 amide bonds. The first-order valence-electron chi connectivity index (χ1n) is 4.86. The molecule has 0 bridgehead atoms. The van der Waals surface area contributed by atoms with Crippen LogP contribution in [0, 0.1) is 5.82 Å². The summed E-state index contributed by atoms with van der Waals surface area (Å²) in [5.41, 5.74) is -0.214. The lowest BCUT2D eigenvalue weighted by atomic mass is 10.1. The van der Waals surface area contributed by atoms with E-state index >= 15 is 0 Å². The molecule has 0 radical (unpaired) electrons. The van der Waals surface area contributed by atoms with Crippen molar-refractivity contribution in [1.29, 1.82) is 0 Å². The highest BCUT2D eigenvalue weighted by atomic mass is 19.1. The number of carboxylic acid groups (broad SMARTS) is 1. The molecule has 1 heterocycles. The number of anilines is 2. The van der Waals surface area contributed by atoms with Gasteiger partial charge in [0.25, 0.3) is 0 Å². The number of carbonyl (C=O) groups is 1. The normalized spacial score (nSPS) is 10.2. The van der Waals surface area contributed by atoms with E-state index in [4.69, 9.17) is 5.11 Å². The minimum Gasteiger partial charge on any atom is -0.478 e. The first kappa shape index (κ1) is 11.1. The van der Waals surface area contributed by atoms with Crippen molar-refractivity contribution in [2.45, 2.75) is 0 Å². The number of benzene rings is 1. The molecule has 0 aliphatic heterocycles. The Morgan fingerprint density at radius 3 is 2.82 bits per heavy atom. The van der Waals surface area contributed by atoms with E-state index in [1.165, 1.54) is 12.1 Å². The van der Waals surface area contributed by atoms with Crippen LogP contribution in [0.4, 0.5) is 15.9 Å². The molecular weight excluding hydrogens is 225 g/mol. The van der Waals surface area contributed by atoms with Crippen LogP contribution in [0.25, 0.3) is 0 Å². The molecule has 2 rings (SSSR count). The number of hydrogen-bond acceptors (Lipinski definition) is 3. The molecule has 6 heteroatoms. The quantitative estimate of drug-likeness (QED) is 0.853. The number of aromatic nitrogens is 2. The van der Waals surface area contributed by atoms with Crippen LogP contribution in [0.5, 0.6) is 0 Å².